The fraction of sp³-hybridized carbons (Fsp3) is 0.400. The highest BCUT2D eigenvalue weighted by Gasteiger charge is 2.37. The lowest BCUT2D eigenvalue weighted by molar-refractivity contribution is -0.167. The Morgan fingerprint density at radius 2 is 1.07 bits per heavy atom. The Morgan fingerprint density at radius 3 is 1.65 bits per heavy atom. The van der Waals surface area contributed by atoms with Gasteiger partial charge in [0, 0.05) is 98.4 Å². The van der Waals surface area contributed by atoms with Gasteiger partial charge in [-0.2, -0.15) is 0 Å². The molecular formula is C65H69N5O24S2. The Hall–Kier alpha value is -10.0. The number of nitrogens with one attached hydrogen (secondary N) is 1. The molecule has 5 aromatic rings. The Kier molecular flexibility index (Phi) is 21.6. The number of fused-ring (bicyclic) bond motifs is 4. The average molecular weight is 1370 g/mol. The second-order valence-electron chi connectivity index (χ2n) is 22.7. The summed E-state index contributed by atoms with van der Waals surface area (Å²) in [6.07, 6.45) is 6.38. The van der Waals surface area contributed by atoms with Crippen LogP contribution >= 0.6 is 0 Å². The van der Waals surface area contributed by atoms with Crippen LogP contribution in [0.15, 0.2) is 82.6 Å². The number of rotatable bonds is 28. The zero-order valence-electron chi connectivity index (χ0n) is 52.9. The Bertz CT molecular complexity index is 4240. The molecule has 5 heterocycles. The molecule has 5 aliphatic rings. The normalized spacial score (nSPS) is 14.1. The minimum Gasteiger partial charge on any atom is -0.744 e. The van der Waals surface area contributed by atoms with Crippen LogP contribution in [-0.2, 0) is 122 Å². The molecule has 0 atom stereocenters. The van der Waals surface area contributed by atoms with Gasteiger partial charge < -0.3 is 71.4 Å². The smallest absolute Gasteiger partial charge is 0.328 e. The first-order chi connectivity index (χ1) is 45.9. The van der Waals surface area contributed by atoms with E-state index in [0.29, 0.717) is 40.7 Å². The van der Waals surface area contributed by atoms with Crippen LogP contribution < -0.4 is 48.8 Å². The third-order valence-corrected chi connectivity index (χ3v) is 18.3. The second kappa shape index (κ2) is 30.2. The van der Waals surface area contributed by atoms with Crippen molar-refractivity contribution >= 4 is 96.2 Å². The fourth-order valence-electron chi connectivity index (χ4n) is 12.2. The molecule has 510 valence electrons. The van der Waals surface area contributed by atoms with Gasteiger partial charge in [-0.15, -0.1) is 0 Å². The maximum atomic E-state index is 14.8. The third kappa shape index (κ3) is 16.5. The number of esters is 8. The molecule has 96 heavy (non-hydrogen) atoms. The summed E-state index contributed by atoms with van der Waals surface area (Å²) in [5.41, 5.74) is 5.96. The molecule has 5 aliphatic heterocycles. The number of aryl methyl sites for hydroxylation is 2. The minimum absolute atomic E-state index is 0.0195. The van der Waals surface area contributed by atoms with Crippen LogP contribution in [0, 0.1) is 0 Å². The summed E-state index contributed by atoms with van der Waals surface area (Å²) >= 11 is 0. The molecule has 31 heteroatoms. The van der Waals surface area contributed by atoms with Crippen molar-refractivity contribution in [3.63, 3.8) is 0 Å². The van der Waals surface area contributed by atoms with Crippen molar-refractivity contribution in [1.82, 2.24) is 4.58 Å². The van der Waals surface area contributed by atoms with Gasteiger partial charge in [0.15, 0.2) is 0 Å². The first-order valence-corrected chi connectivity index (χ1v) is 33.5. The molecular weight excluding hydrogens is 1300 g/mol. The zero-order chi connectivity index (χ0) is 68.4. The largest absolute Gasteiger partial charge is 0.744 e. The van der Waals surface area contributed by atoms with Gasteiger partial charge in [-0.05, 0) is 92.6 Å². The number of sulfonamides is 1. The number of carbonyl (C=O) groups excluding carboxylic acids is 8. The highest BCUT2D eigenvalue weighted by molar-refractivity contribution is 7.92. The van der Waals surface area contributed by atoms with Crippen LogP contribution in [0.5, 0.6) is 23.0 Å². The number of hydrogen-bond acceptors (Lipinski definition) is 27. The van der Waals surface area contributed by atoms with Crippen LogP contribution in [0.2, 0.25) is 0 Å². The Morgan fingerprint density at radius 1 is 0.552 bits per heavy atom. The molecule has 29 nitrogen and oxygen atoms in total. The summed E-state index contributed by atoms with van der Waals surface area (Å²) < 4.78 is 135. The van der Waals surface area contributed by atoms with E-state index in [1.165, 1.54) is 41.3 Å². The number of benzene rings is 5. The highest BCUT2D eigenvalue weighted by atomic mass is 32.2. The molecule has 0 bridgehead atoms. The molecule has 0 spiro atoms. The van der Waals surface area contributed by atoms with Gasteiger partial charge in [-0.25, -0.2) is 21.4 Å². The number of hydrogen-bond donors (Lipinski definition) is 1. The summed E-state index contributed by atoms with van der Waals surface area (Å²) in [5.74, 6) is -6.18. The lowest BCUT2D eigenvalue weighted by Crippen LogP contribution is -2.45. The molecule has 0 fully saturated rings. The standard InChI is InChI=1S/C65H69N5O24S2/c1-39(71)86-35-90-57(75)31-69(32-58(76)91-36-87-40(2)72)52-15-5-6-16-54(52)84-25-26-85-55-29-45(17-20-53(55)70(33-59(77)92-37-88-41(3)73)34-60(78)93-38-89-42(4)74)66-95(79,80)46-18-19-47(56(30-46)96(81,82)83)61-50-27-43-11-7-21-67-23-9-13-48(62(43)67)64(50)94-65-49-14-10-24-68-22-8-12-44(63(49)68)28-51(61)65/h5-6,15-20,27-30,66H,7-14,21-26,31-38H2,1-4H3. The first-order valence-electron chi connectivity index (χ1n) is 30.6. The van der Waals surface area contributed by atoms with E-state index in [1.54, 1.807) is 12.1 Å². The lowest BCUT2D eigenvalue weighted by atomic mass is 9.82. The monoisotopic (exact) mass is 1370 g/mol. The minimum atomic E-state index is -5.49. The predicted octanol–water partition coefficient (Wildman–Crippen LogP) is 3.15. The predicted molar refractivity (Wildman–Crippen MR) is 335 cm³/mol. The first kappa shape index (κ1) is 68.8. The third-order valence-electron chi connectivity index (χ3n) is 16.1. The molecule has 0 amide bonds. The molecule has 0 radical (unpaired) electrons. The number of carbonyl (C=O) groups is 8. The van der Waals surface area contributed by atoms with Crippen molar-refractivity contribution < 1.29 is 112 Å². The van der Waals surface area contributed by atoms with E-state index < -0.39 is 138 Å². The van der Waals surface area contributed by atoms with E-state index in [-0.39, 0.29) is 40.7 Å². The summed E-state index contributed by atoms with van der Waals surface area (Å²) in [6.45, 7) is 0.984. The van der Waals surface area contributed by atoms with E-state index in [9.17, 15) is 59.7 Å². The van der Waals surface area contributed by atoms with E-state index in [1.807, 2.05) is 12.1 Å². The Balaban J connectivity index is 1.00. The molecule has 0 saturated heterocycles. The van der Waals surface area contributed by atoms with Gasteiger partial charge in [-0.1, -0.05) is 18.2 Å². The van der Waals surface area contributed by atoms with Crippen molar-refractivity contribution in [2.75, 3.05) is 112 Å². The van der Waals surface area contributed by atoms with E-state index in [4.69, 9.17) is 52.1 Å². The van der Waals surface area contributed by atoms with E-state index in [0.717, 1.165) is 143 Å². The number of anilines is 4. The number of ether oxygens (including phenoxy) is 11. The second-order valence-corrected chi connectivity index (χ2v) is 25.7. The van der Waals surface area contributed by atoms with E-state index in [2.05, 4.69) is 14.2 Å². The molecule has 10 rings (SSSR count). The molecule has 0 aromatic heterocycles. The molecule has 1 N–H and O–H groups in total. The van der Waals surface area contributed by atoms with Crippen molar-refractivity contribution in [2.45, 2.75) is 88.9 Å². The maximum absolute atomic E-state index is 14.8. The van der Waals surface area contributed by atoms with Crippen molar-refractivity contribution in [2.24, 2.45) is 0 Å². The summed E-state index contributed by atoms with van der Waals surface area (Å²) in [5, 5.41) is 1.70. The Labute approximate surface area is 551 Å². The fourth-order valence-corrected chi connectivity index (χ4v) is 14.0. The molecule has 0 unspecified atom stereocenters. The number of nitrogens with zero attached hydrogens (tertiary/aromatic N) is 4. The van der Waals surface area contributed by atoms with Crippen LogP contribution in [0.3, 0.4) is 0 Å². The quantitative estimate of drug-likeness (QED) is 0.0184. The summed E-state index contributed by atoms with van der Waals surface area (Å²) in [4.78, 5) is 102. The van der Waals surface area contributed by atoms with Gasteiger partial charge in [0.05, 0.1) is 32.4 Å². The van der Waals surface area contributed by atoms with Gasteiger partial charge in [0.1, 0.15) is 85.6 Å². The van der Waals surface area contributed by atoms with Gasteiger partial charge in [-0.3, -0.25) is 43.1 Å². The van der Waals surface area contributed by atoms with Gasteiger partial charge in [0.2, 0.25) is 32.5 Å². The maximum Gasteiger partial charge on any atom is 0.328 e. The van der Waals surface area contributed by atoms with Crippen molar-refractivity contribution in [3.05, 3.63) is 117 Å². The SMILES string of the molecule is CC(=O)OCOC(=O)CN(CC(=O)OCOC(C)=O)c1ccccc1OCCOc1cc(NS(=O)(=O)c2ccc(C3=c4cc5c6c(c4Oc4c3cc3c7c4CCCN7CCC3)CCC[N+]=6CCC5)c(S(=O)(=O)[O-])c2)ccc1N(CC(=O)OCOC(C)=O)CC(=O)OCOC(C)=O. The highest BCUT2D eigenvalue weighted by Crippen LogP contribution is 2.49. The number of para-hydroxylation sites is 2. The topological polar surface area (TPSA) is 354 Å². The van der Waals surface area contributed by atoms with Crippen molar-refractivity contribution in [3.8, 4) is 23.0 Å². The summed E-state index contributed by atoms with van der Waals surface area (Å²) in [6, 6.07) is 17.0. The van der Waals surface area contributed by atoms with Gasteiger partial charge >= 0.3 is 47.8 Å². The lowest BCUT2D eigenvalue weighted by Gasteiger charge is -2.39. The van der Waals surface area contributed by atoms with Crippen LogP contribution in [0.4, 0.5) is 22.7 Å². The summed E-state index contributed by atoms with van der Waals surface area (Å²) in [7, 11) is -10.4. The average Bonchev–Trinajstić information content (AvgIpc) is 0.708. The van der Waals surface area contributed by atoms with E-state index >= 15 is 0 Å². The molecule has 0 saturated carbocycles. The zero-order valence-corrected chi connectivity index (χ0v) is 54.5. The van der Waals surface area contributed by atoms with Crippen LogP contribution in [0.25, 0.3) is 5.57 Å². The van der Waals surface area contributed by atoms with Crippen molar-refractivity contribution in [1.29, 1.82) is 0 Å². The molecule has 5 aromatic carbocycles. The van der Waals surface area contributed by atoms with Crippen LogP contribution in [0.1, 0.15) is 86.8 Å². The van der Waals surface area contributed by atoms with Crippen LogP contribution in [-0.4, -0.2) is 162 Å². The van der Waals surface area contributed by atoms with Gasteiger partial charge in [0.25, 0.3) is 10.0 Å². The molecule has 0 aliphatic carbocycles.